The Morgan fingerprint density at radius 2 is 2.11 bits per heavy atom. The van der Waals surface area contributed by atoms with Crippen molar-refractivity contribution < 1.29 is 18.7 Å². The van der Waals surface area contributed by atoms with Crippen molar-refractivity contribution in [3.8, 4) is 0 Å². The number of hydrogen-bond donors (Lipinski definition) is 0. The number of carbonyl (C=O) groups is 2. The van der Waals surface area contributed by atoms with Crippen LogP contribution in [0.2, 0.25) is 0 Å². The number of benzene rings is 1. The fourth-order valence-electron chi connectivity index (χ4n) is 4.08. The van der Waals surface area contributed by atoms with E-state index in [1.807, 2.05) is 4.90 Å². The van der Waals surface area contributed by atoms with E-state index in [4.69, 9.17) is 4.74 Å². The van der Waals surface area contributed by atoms with Crippen LogP contribution in [0.5, 0.6) is 0 Å². The molecule has 2 amide bonds. The number of nitrogens with zero attached hydrogens (tertiary/aromatic N) is 3. The maximum absolute atomic E-state index is 14.0. The molecule has 7 heteroatoms. The van der Waals surface area contributed by atoms with Crippen LogP contribution < -0.4 is 0 Å². The average molecular weight is 371 g/mol. The SMILES string of the molecule is COCCN1C(=O)[C@@H]2CC[C@H]1CN(C(=O)c1ccc3cccc(F)c3n1)C2. The van der Waals surface area contributed by atoms with Crippen LogP contribution in [0, 0.1) is 11.7 Å². The van der Waals surface area contributed by atoms with Crippen molar-refractivity contribution in [3.63, 3.8) is 0 Å². The topological polar surface area (TPSA) is 62.7 Å². The minimum Gasteiger partial charge on any atom is -0.383 e. The summed E-state index contributed by atoms with van der Waals surface area (Å²) in [4.78, 5) is 33.5. The van der Waals surface area contributed by atoms with Gasteiger partial charge >= 0.3 is 0 Å². The van der Waals surface area contributed by atoms with Gasteiger partial charge in [0.1, 0.15) is 17.0 Å². The Labute approximate surface area is 156 Å². The molecular weight excluding hydrogens is 349 g/mol. The molecule has 6 nitrogen and oxygen atoms in total. The standard InChI is InChI=1S/C20H22FN3O3/c1-27-10-9-24-15-7-5-14(19(24)25)11-23(12-15)20(26)17-8-6-13-3-2-4-16(21)18(13)22-17/h2-4,6,8,14-15H,5,7,9-12H2,1H3/t14-,15+/m1/s1. The molecule has 0 radical (unpaired) electrons. The Morgan fingerprint density at radius 3 is 2.93 bits per heavy atom. The van der Waals surface area contributed by atoms with Crippen molar-refractivity contribution in [2.24, 2.45) is 5.92 Å². The first-order chi connectivity index (χ1) is 13.1. The quantitative estimate of drug-likeness (QED) is 0.826. The van der Waals surface area contributed by atoms with Gasteiger partial charge in [-0.2, -0.15) is 0 Å². The molecule has 3 fully saturated rings. The van der Waals surface area contributed by atoms with Crippen molar-refractivity contribution in [1.82, 2.24) is 14.8 Å². The van der Waals surface area contributed by atoms with E-state index in [0.717, 1.165) is 12.8 Å². The molecule has 0 N–H and O–H groups in total. The zero-order valence-corrected chi connectivity index (χ0v) is 15.2. The van der Waals surface area contributed by atoms with Gasteiger partial charge in [0, 0.05) is 38.2 Å². The number of methoxy groups -OCH3 is 1. The van der Waals surface area contributed by atoms with Gasteiger partial charge in [-0.3, -0.25) is 9.59 Å². The highest BCUT2D eigenvalue weighted by Gasteiger charge is 2.41. The van der Waals surface area contributed by atoms with E-state index in [1.54, 1.807) is 36.3 Å². The predicted octanol–water partition coefficient (Wildman–Crippen LogP) is 2.08. The number of halogens is 1. The summed E-state index contributed by atoms with van der Waals surface area (Å²) in [6, 6.07) is 8.05. The molecule has 1 aromatic carbocycles. The molecular formula is C20H22FN3O3. The maximum Gasteiger partial charge on any atom is 0.272 e. The highest BCUT2D eigenvalue weighted by molar-refractivity contribution is 5.95. The first-order valence-electron chi connectivity index (χ1n) is 9.22. The largest absolute Gasteiger partial charge is 0.383 e. The number of fused-ring (bicyclic) bond motifs is 5. The second-order valence-electron chi connectivity index (χ2n) is 7.17. The summed E-state index contributed by atoms with van der Waals surface area (Å²) in [6.07, 6.45) is 1.67. The molecule has 0 spiro atoms. The van der Waals surface area contributed by atoms with E-state index < -0.39 is 5.82 Å². The Morgan fingerprint density at radius 1 is 1.26 bits per heavy atom. The van der Waals surface area contributed by atoms with Crippen molar-refractivity contribution in [2.45, 2.75) is 18.9 Å². The molecule has 2 aromatic rings. The lowest BCUT2D eigenvalue weighted by molar-refractivity contribution is -0.140. The van der Waals surface area contributed by atoms with Gasteiger partial charge in [-0.25, -0.2) is 9.37 Å². The van der Waals surface area contributed by atoms with Crippen LogP contribution in [0.4, 0.5) is 4.39 Å². The van der Waals surface area contributed by atoms with E-state index in [2.05, 4.69) is 4.98 Å². The second-order valence-corrected chi connectivity index (χ2v) is 7.17. The monoisotopic (exact) mass is 371 g/mol. The third kappa shape index (κ3) is 3.27. The fraction of sp³-hybridized carbons (Fsp3) is 0.450. The van der Waals surface area contributed by atoms with E-state index in [1.165, 1.54) is 6.07 Å². The number of amides is 2. The molecule has 1 aromatic heterocycles. The first kappa shape index (κ1) is 17.9. The summed E-state index contributed by atoms with van der Waals surface area (Å²) in [5.74, 6) is -0.796. The molecule has 0 unspecified atom stereocenters. The fourth-order valence-corrected chi connectivity index (χ4v) is 4.08. The summed E-state index contributed by atoms with van der Waals surface area (Å²) >= 11 is 0. The van der Waals surface area contributed by atoms with Crippen molar-refractivity contribution >= 4 is 22.7 Å². The molecule has 27 heavy (non-hydrogen) atoms. The average Bonchev–Trinajstić information content (AvgIpc) is 2.97. The van der Waals surface area contributed by atoms with Crippen molar-refractivity contribution in [2.75, 3.05) is 33.4 Å². The maximum atomic E-state index is 14.0. The number of aromatic nitrogens is 1. The third-order valence-corrected chi connectivity index (χ3v) is 5.51. The zero-order valence-electron chi connectivity index (χ0n) is 15.2. The molecule has 2 bridgehead atoms. The van der Waals surface area contributed by atoms with Crippen LogP contribution in [0.3, 0.4) is 0 Å². The molecule has 3 saturated heterocycles. The van der Waals surface area contributed by atoms with Crippen molar-refractivity contribution in [3.05, 3.63) is 41.8 Å². The van der Waals surface area contributed by atoms with Crippen LogP contribution in [0.1, 0.15) is 23.3 Å². The van der Waals surface area contributed by atoms with Crippen LogP contribution in [0.25, 0.3) is 10.9 Å². The molecule has 0 aliphatic carbocycles. The second kappa shape index (κ2) is 7.23. The Bertz CT molecular complexity index is 888. The lowest BCUT2D eigenvalue weighted by atomic mass is 9.94. The number of carbonyl (C=O) groups excluding carboxylic acids is 2. The summed E-state index contributed by atoms with van der Waals surface area (Å²) in [5.41, 5.74) is 0.406. The number of para-hydroxylation sites is 1. The first-order valence-corrected chi connectivity index (χ1v) is 9.22. The molecule has 142 valence electrons. The van der Waals surface area contributed by atoms with Crippen LogP contribution in [-0.2, 0) is 9.53 Å². The lowest BCUT2D eigenvalue weighted by Gasteiger charge is -2.35. The van der Waals surface area contributed by atoms with Crippen LogP contribution >= 0.6 is 0 Å². The molecule has 5 rings (SSSR count). The number of rotatable bonds is 4. The molecule has 3 aliphatic rings. The molecule has 2 atom stereocenters. The number of hydrogen-bond acceptors (Lipinski definition) is 4. The van der Waals surface area contributed by atoms with Crippen molar-refractivity contribution in [1.29, 1.82) is 0 Å². The highest BCUT2D eigenvalue weighted by Crippen LogP contribution is 2.30. The van der Waals surface area contributed by atoms with Gasteiger partial charge in [0.25, 0.3) is 5.91 Å². The van der Waals surface area contributed by atoms with Gasteiger partial charge in [0.2, 0.25) is 5.91 Å². The van der Waals surface area contributed by atoms with E-state index in [-0.39, 0.29) is 35.0 Å². The minimum atomic E-state index is -0.445. The molecule has 0 saturated carbocycles. The number of piperidine rings is 1. The lowest BCUT2D eigenvalue weighted by Crippen LogP contribution is -2.49. The van der Waals surface area contributed by atoms with Gasteiger partial charge in [-0.15, -0.1) is 0 Å². The van der Waals surface area contributed by atoms with Gasteiger partial charge in [-0.1, -0.05) is 18.2 Å². The normalized spacial score (nSPS) is 22.4. The Balaban J connectivity index is 1.59. The van der Waals surface area contributed by atoms with Crippen LogP contribution in [0.15, 0.2) is 30.3 Å². The minimum absolute atomic E-state index is 0.00691. The summed E-state index contributed by atoms with van der Waals surface area (Å²) in [5, 5.41) is 0.656. The predicted molar refractivity (Wildman–Crippen MR) is 97.7 cm³/mol. The van der Waals surface area contributed by atoms with Gasteiger partial charge in [-0.05, 0) is 25.0 Å². The van der Waals surface area contributed by atoms with E-state index >= 15 is 0 Å². The van der Waals surface area contributed by atoms with Gasteiger partial charge in [0.15, 0.2) is 0 Å². The van der Waals surface area contributed by atoms with E-state index in [9.17, 15) is 14.0 Å². The summed E-state index contributed by atoms with van der Waals surface area (Å²) < 4.78 is 19.2. The Kier molecular flexibility index (Phi) is 4.78. The number of ether oxygens (including phenoxy) is 1. The van der Waals surface area contributed by atoms with Crippen LogP contribution in [-0.4, -0.2) is 66.0 Å². The highest BCUT2D eigenvalue weighted by atomic mass is 19.1. The summed E-state index contributed by atoms with van der Waals surface area (Å²) in [6.45, 7) is 1.88. The molecule has 4 heterocycles. The summed E-state index contributed by atoms with van der Waals surface area (Å²) in [7, 11) is 1.61. The molecule has 3 aliphatic heterocycles. The zero-order chi connectivity index (χ0) is 19.0. The van der Waals surface area contributed by atoms with Gasteiger partial charge in [0.05, 0.1) is 12.5 Å². The Hall–Kier alpha value is -2.54. The third-order valence-electron chi connectivity index (χ3n) is 5.51. The smallest absolute Gasteiger partial charge is 0.272 e. The van der Waals surface area contributed by atoms with E-state index in [0.29, 0.717) is 31.6 Å². The van der Waals surface area contributed by atoms with Gasteiger partial charge < -0.3 is 14.5 Å². The number of pyridine rings is 1.